The molecule has 0 saturated carbocycles. The van der Waals surface area contributed by atoms with E-state index in [1.165, 1.54) is 21.3 Å². The molecule has 0 radical (unpaired) electrons. The molecule has 0 aromatic heterocycles. The molecule has 1 heterocycles. The van der Waals surface area contributed by atoms with E-state index in [2.05, 4.69) is 22.2 Å². The van der Waals surface area contributed by atoms with Crippen molar-refractivity contribution in [2.24, 2.45) is 0 Å². The van der Waals surface area contributed by atoms with Crippen LogP contribution in [0, 0.1) is 0 Å². The number of carbonyl (C=O) groups excluding carboxylic acids is 2. The fourth-order valence-corrected chi connectivity index (χ4v) is 3.38. The maximum absolute atomic E-state index is 13.0. The summed E-state index contributed by atoms with van der Waals surface area (Å²) >= 11 is 0. The Bertz CT molecular complexity index is 923. The number of likely N-dealkylation sites (N-methyl/N-ethyl adjacent to an activating group) is 1. The normalized spacial score (nSPS) is 14.2. The summed E-state index contributed by atoms with van der Waals surface area (Å²) < 4.78 is 15.4. The Kier molecular flexibility index (Phi) is 6.79. The van der Waals surface area contributed by atoms with Gasteiger partial charge in [0, 0.05) is 31.7 Å². The molecule has 2 aromatic rings. The molecule has 1 amide bonds. The van der Waals surface area contributed by atoms with Crippen molar-refractivity contribution >= 4 is 23.3 Å². The quantitative estimate of drug-likeness (QED) is 0.729. The summed E-state index contributed by atoms with van der Waals surface area (Å²) in [5, 5.41) is 2.95. The first-order valence-electron chi connectivity index (χ1n) is 9.66. The molecule has 0 aliphatic carbocycles. The Morgan fingerprint density at radius 1 is 0.867 bits per heavy atom. The molecule has 0 atom stereocenters. The fourth-order valence-electron chi connectivity index (χ4n) is 3.38. The van der Waals surface area contributed by atoms with Crippen LogP contribution in [-0.2, 0) is 4.74 Å². The third-order valence-corrected chi connectivity index (χ3v) is 5.16. The van der Waals surface area contributed by atoms with E-state index in [9.17, 15) is 9.59 Å². The third kappa shape index (κ3) is 4.65. The number of anilines is 2. The summed E-state index contributed by atoms with van der Waals surface area (Å²) in [6.07, 6.45) is 0. The highest BCUT2D eigenvalue weighted by Gasteiger charge is 2.21. The van der Waals surface area contributed by atoms with Crippen LogP contribution < -0.4 is 19.7 Å². The number of piperazine rings is 1. The number of hydrogen-bond acceptors (Lipinski definition) is 7. The van der Waals surface area contributed by atoms with Gasteiger partial charge >= 0.3 is 5.97 Å². The molecule has 0 spiro atoms. The lowest BCUT2D eigenvalue weighted by Crippen LogP contribution is -2.44. The lowest BCUT2D eigenvalue weighted by molar-refractivity contribution is 0.0600. The highest BCUT2D eigenvalue weighted by atomic mass is 16.5. The number of esters is 1. The first kappa shape index (κ1) is 21.4. The van der Waals surface area contributed by atoms with Crippen molar-refractivity contribution in [1.29, 1.82) is 0 Å². The van der Waals surface area contributed by atoms with Gasteiger partial charge < -0.3 is 29.3 Å². The van der Waals surface area contributed by atoms with Gasteiger partial charge in [0.05, 0.1) is 38.3 Å². The zero-order valence-corrected chi connectivity index (χ0v) is 17.7. The monoisotopic (exact) mass is 413 g/mol. The highest BCUT2D eigenvalue weighted by molar-refractivity contribution is 6.07. The van der Waals surface area contributed by atoms with Gasteiger partial charge in [-0.25, -0.2) is 4.79 Å². The van der Waals surface area contributed by atoms with Gasteiger partial charge in [0.15, 0.2) is 11.5 Å². The number of nitrogens with zero attached hydrogens (tertiary/aromatic N) is 2. The molecule has 1 saturated heterocycles. The number of methoxy groups -OCH3 is 3. The molecule has 160 valence electrons. The SMILES string of the molecule is COC(=O)c1ccc(N2CCN(C)CC2)c(NC(=O)c2ccc(OC)c(OC)c2)c1. The fraction of sp³-hybridized carbons (Fsp3) is 0.364. The molecule has 0 unspecified atom stereocenters. The lowest BCUT2D eigenvalue weighted by atomic mass is 10.1. The zero-order chi connectivity index (χ0) is 21.7. The predicted octanol–water partition coefficient (Wildman–Crippen LogP) is 2.49. The molecule has 2 aromatic carbocycles. The van der Waals surface area contributed by atoms with Gasteiger partial charge in [-0.2, -0.15) is 0 Å². The number of ether oxygens (including phenoxy) is 3. The van der Waals surface area contributed by atoms with Crippen LogP contribution in [0.15, 0.2) is 36.4 Å². The van der Waals surface area contributed by atoms with E-state index in [4.69, 9.17) is 14.2 Å². The molecular formula is C22H27N3O5. The number of carbonyl (C=O) groups is 2. The number of hydrogen-bond donors (Lipinski definition) is 1. The topological polar surface area (TPSA) is 80.3 Å². The largest absolute Gasteiger partial charge is 0.493 e. The van der Waals surface area contributed by atoms with E-state index in [1.54, 1.807) is 30.3 Å². The van der Waals surface area contributed by atoms with Crippen LogP contribution in [0.2, 0.25) is 0 Å². The standard InChI is InChI=1S/C22H27N3O5/c1-24-9-11-25(12-10-24)18-7-5-16(22(27)30-4)13-17(18)23-21(26)15-6-8-19(28-2)20(14-15)29-3/h5-8,13-14H,9-12H2,1-4H3,(H,23,26). The average Bonchev–Trinajstić information content (AvgIpc) is 2.78. The second-order valence-corrected chi connectivity index (χ2v) is 7.04. The lowest BCUT2D eigenvalue weighted by Gasteiger charge is -2.35. The molecule has 3 rings (SSSR count). The summed E-state index contributed by atoms with van der Waals surface area (Å²) in [6, 6.07) is 10.2. The van der Waals surface area contributed by atoms with Gasteiger partial charge in [-0.3, -0.25) is 4.79 Å². The van der Waals surface area contributed by atoms with E-state index in [0.29, 0.717) is 28.3 Å². The first-order valence-corrected chi connectivity index (χ1v) is 9.66. The Balaban J connectivity index is 1.92. The van der Waals surface area contributed by atoms with Crippen LogP contribution in [-0.4, -0.2) is 71.3 Å². The minimum Gasteiger partial charge on any atom is -0.493 e. The third-order valence-electron chi connectivity index (χ3n) is 5.16. The van der Waals surface area contributed by atoms with Gasteiger partial charge in [-0.15, -0.1) is 0 Å². The van der Waals surface area contributed by atoms with Crippen molar-refractivity contribution < 1.29 is 23.8 Å². The van der Waals surface area contributed by atoms with Gasteiger partial charge in [0.2, 0.25) is 0 Å². The molecular weight excluding hydrogens is 386 g/mol. The van der Waals surface area contributed by atoms with Crippen LogP contribution in [0.3, 0.4) is 0 Å². The first-order chi connectivity index (χ1) is 14.5. The van der Waals surface area contributed by atoms with Gasteiger partial charge in [0.1, 0.15) is 0 Å². The maximum Gasteiger partial charge on any atom is 0.337 e. The smallest absolute Gasteiger partial charge is 0.337 e. The molecule has 1 N–H and O–H groups in total. The maximum atomic E-state index is 13.0. The van der Waals surface area contributed by atoms with Gasteiger partial charge in [-0.1, -0.05) is 0 Å². The van der Waals surface area contributed by atoms with Crippen LogP contribution in [0.5, 0.6) is 11.5 Å². The van der Waals surface area contributed by atoms with E-state index >= 15 is 0 Å². The zero-order valence-electron chi connectivity index (χ0n) is 17.7. The Hall–Kier alpha value is -3.26. The van der Waals surface area contributed by atoms with Crippen molar-refractivity contribution in [1.82, 2.24) is 4.90 Å². The molecule has 8 nitrogen and oxygen atoms in total. The number of nitrogens with one attached hydrogen (secondary N) is 1. The molecule has 1 fully saturated rings. The van der Waals surface area contributed by atoms with E-state index in [1.807, 2.05) is 6.07 Å². The average molecular weight is 413 g/mol. The van der Waals surface area contributed by atoms with E-state index in [-0.39, 0.29) is 5.91 Å². The summed E-state index contributed by atoms with van der Waals surface area (Å²) in [5.74, 6) is 0.238. The molecule has 1 aliphatic rings. The molecule has 30 heavy (non-hydrogen) atoms. The summed E-state index contributed by atoms with van der Waals surface area (Å²) in [6.45, 7) is 3.49. The van der Waals surface area contributed by atoms with Crippen LogP contribution in [0.1, 0.15) is 20.7 Å². The van der Waals surface area contributed by atoms with Crippen LogP contribution in [0.4, 0.5) is 11.4 Å². The minimum atomic E-state index is -0.457. The molecule has 8 heteroatoms. The van der Waals surface area contributed by atoms with Crippen LogP contribution >= 0.6 is 0 Å². The Labute approximate surface area is 176 Å². The van der Waals surface area contributed by atoms with Gasteiger partial charge in [0.25, 0.3) is 5.91 Å². The summed E-state index contributed by atoms with van der Waals surface area (Å²) in [4.78, 5) is 29.4. The Morgan fingerprint density at radius 2 is 1.53 bits per heavy atom. The highest BCUT2D eigenvalue weighted by Crippen LogP contribution is 2.31. The van der Waals surface area contributed by atoms with Gasteiger partial charge in [-0.05, 0) is 43.4 Å². The van der Waals surface area contributed by atoms with E-state index < -0.39 is 5.97 Å². The molecule has 0 bridgehead atoms. The van der Waals surface area contributed by atoms with Crippen molar-refractivity contribution in [3.63, 3.8) is 0 Å². The second kappa shape index (κ2) is 9.49. The Morgan fingerprint density at radius 3 is 2.17 bits per heavy atom. The summed E-state index contributed by atoms with van der Waals surface area (Å²) in [5.41, 5.74) is 2.21. The van der Waals surface area contributed by atoms with Crippen LogP contribution in [0.25, 0.3) is 0 Å². The second-order valence-electron chi connectivity index (χ2n) is 7.04. The predicted molar refractivity (Wildman–Crippen MR) is 115 cm³/mol. The number of rotatable bonds is 6. The minimum absolute atomic E-state index is 0.312. The number of benzene rings is 2. The summed E-state index contributed by atoms with van der Waals surface area (Å²) in [7, 11) is 6.47. The van der Waals surface area contributed by atoms with Crippen molar-refractivity contribution in [2.45, 2.75) is 0 Å². The van der Waals surface area contributed by atoms with Crippen molar-refractivity contribution in [3.8, 4) is 11.5 Å². The molecule has 1 aliphatic heterocycles. The van der Waals surface area contributed by atoms with Crippen molar-refractivity contribution in [3.05, 3.63) is 47.5 Å². The van der Waals surface area contributed by atoms with Crippen molar-refractivity contribution in [2.75, 3.05) is 64.8 Å². The van der Waals surface area contributed by atoms with E-state index in [0.717, 1.165) is 31.9 Å². The number of amides is 1.